The number of aryl methyl sites for hydroxylation is 1. The fraction of sp³-hybridized carbons (Fsp3) is 0.684. The molecule has 0 saturated carbocycles. The molecule has 1 aromatic rings. The van der Waals surface area contributed by atoms with Gasteiger partial charge in [-0.25, -0.2) is 0 Å². The van der Waals surface area contributed by atoms with Crippen LogP contribution in [0.25, 0.3) is 0 Å². The molecule has 0 aromatic heterocycles. The highest BCUT2D eigenvalue weighted by molar-refractivity contribution is 5.23. The van der Waals surface area contributed by atoms with Crippen LogP contribution in [0.15, 0.2) is 24.3 Å². The van der Waals surface area contributed by atoms with Gasteiger partial charge >= 0.3 is 0 Å². The van der Waals surface area contributed by atoms with E-state index < -0.39 is 0 Å². The molecule has 0 saturated heterocycles. The Bertz CT molecular complexity index is 328. The lowest BCUT2D eigenvalue weighted by atomic mass is 10.1. The number of nitrogens with one attached hydrogen (secondary N) is 1. The normalized spacial score (nSPS) is 12.6. The van der Waals surface area contributed by atoms with E-state index in [0.717, 1.165) is 6.54 Å². The van der Waals surface area contributed by atoms with E-state index in [0.29, 0.717) is 6.04 Å². The summed E-state index contributed by atoms with van der Waals surface area (Å²) in [4.78, 5) is 0. The van der Waals surface area contributed by atoms with Crippen LogP contribution in [0.5, 0.6) is 0 Å². The highest BCUT2D eigenvalue weighted by atomic mass is 14.9. The average molecular weight is 275 g/mol. The molecular weight excluding hydrogens is 242 g/mol. The third-order valence-electron chi connectivity index (χ3n) is 4.06. The maximum Gasteiger partial charge on any atom is 0.0291 e. The standard InChI is InChI=1S/C19H33N/c1-4-5-6-7-8-9-10-11-16-20-18(3)19-14-12-17(2)13-15-19/h12-15,18,20H,4-11,16H2,1-3H3. The first-order valence-corrected chi connectivity index (χ1v) is 8.54. The second kappa shape index (κ2) is 10.9. The summed E-state index contributed by atoms with van der Waals surface area (Å²) < 4.78 is 0. The minimum atomic E-state index is 0.472. The number of unbranched alkanes of at least 4 members (excludes halogenated alkanes) is 7. The molecule has 0 spiro atoms. The fourth-order valence-corrected chi connectivity index (χ4v) is 2.55. The van der Waals surface area contributed by atoms with Crippen molar-refractivity contribution >= 4 is 0 Å². The van der Waals surface area contributed by atoms with Crippen molar-refractivity contribution in [1.82, 2.24) is 5.32 Å². The maximum atomic E-state index is 3.63. The first-order chi connectivity index (χ1) is 9.74. The molecule has 1 nitrogen and oxygen atoms in total. The fourth-order valence-electron chi connectivity index (χ4n) is 2.55. The maximum absolute atomic E-state index is 3.63. The molecule has 0 aliphatic carbocycles. The quantitative estimate of drug-likeness (QED) is 0.504. The first-order valence-electron chi connectivity index (χ1n) is 8.54. The van der Waals surface area contributed by atoms with E-state index in [1.54, 1.807) is 0 Å². The lowest BCUT2D eigenvalue weighted by Gasteiger charge is -2.14. The van der Waals surface area contributed by atoms with Crippen LogP contribution in [0.3, 0.4) is 0 Å². The van der Waals surface area contributed by atoms with E-state index in [-0.39, 0.29) is 0 Å². The molecule has 0 amide bonds. The van der Waals surface area contributed by atoms with Crippen molar-refractivity contribution < 1.29 is 0 Å². The Kier molecular flexibility index (Phi) is 9.40. The minimum Gasteiger partial charge on any atom is -0.310 e. The predicted molar refractivity (Wildman–Crippen MR) is 90.2 cm³/mol. The van der Waals surface area contributed by atoms with E-state index in [9.17, 15) is 0 Å². The van der Waals surface area contributed by atoms with Gasteiger partial charge < -0.3 is 5.32 Å². The molecular formula is C19H33N. The van der Waals surface area contributed by atoms with Crippen LogP contribution in [0.1, 0.15) is 82.4 Å². The Hall–Kier alpha value is -0.820. The molecule has 1 aromatic carbocycles. The molecule has 0 fully saturated rings. The van der Waals surface area contributed by atoms with Gasteiger partial charge in [0.05, 0.1) is 0 Å². The van der Waals surface area contributed by atoms with Crippen LogP contribution < -0.4 is 5.32 Å². The molecule has 114 valence electrons. The van der Waals surface area contributed by atoms with Gasteiger partial charge in [0.15, 0.2) is 0 Å². The molecule has 0 radical (unpaired) electrons. The summed E-state index contributed by atoms with van der Waals surface area (Å²) in [7, 11) is 0. The zero-order chi connectivity index (χ0) is 14.6. The van der Waals surface area contributed by atoms with Crippen LogP contribution in [0.4, 0.5) is 0 Å². The van der Waals surface area contributed by atoms with Crippen LogP contribution in [-0.2, 0) is 0 Å². The van der Waals surface area contributed by atoms with Gasteiger partial charge in [-0.1, -0.05) is 81.7 Å². The average Bonchev–Trinajstić information content (AvgIpc) is 2.46. The smallest absolute Gasteiger partial charge is 0.0291 e. The van der Waals surface area contributed by atoms with Crippen LogP contribution >= 0.6 is 0 Å². The van der Waals surface area contributed by atoms with Gasteiger partial charge in [0.2, 0.25) is 0 Å². The third kappa shape index (κ3) is 7.69. The van der Waals surface area contributed by atoms with Crippen LogP contribution in [-0.4, -0.2) is 6.54 Å². The second-order valence-corrected chi connectivity index (χ2v) is 6.06. The minimum absolute atomic E-state index is 0.472. The first kappa shape index (κ1) is 17.2. The van der Waals surface area contributed by atoms with Crippen molar-refractivity contribution in [3.63, 3.8) is 0 Å². The summed E-state index contributed by atoms with van der Waals surface area (Å²) in [5, 5.41) is 3.63. The Morgan fingerprint density at radius 3 is 2.00 bits per heavy atom. The molecule has 20 heavy (non-hydrogen) atoms. The Morgan fingerprint density at radius 2 is 1.40 bits per heavy atom. The molecule has 0 bridgehead atoms. The molecule has 0 aliphatic heterocycles. The van der Waals surface area contributed by atoms with Crippen molar-refractivity contribution in [3.05, 3.63) is 35.4 Å². The largest absolute Gasteiger partial charge is 0.310 e. The zero-order valence-corrected chi connectivity index (χ0v) is 13.8. The summed E-state index contributed by atoms with van der Waals surface area (Å²) in [6.07, 6.45) is 11.1. The lowest BCUT2D eigenvalue weighted by Crippen LogP contribution is -2.19. The SMILES string of the molecule is CCCCCCCCCCNC(C)c1ccc(C)cc1. The molecule has 0 heterocycles. The van der Waals surface area contributed by atoms with Gasteiger partial charge in [0.25, 0.3) is 0 Å². The van der Waals surface area contributed by atoms with Gasteiger partial charge in [-0.3, -0.25) is 0 Å². The van der Waals surface area contributed by atoms with E-state index in [2.05, 4.69) is 50.4 Å². The molecule has 0 aliphatic rings. The molecule has 1 rings (SSSR count). The predicted octanol–water partition coefficient (Wildman–Crippen LogP) is 5.79. The third-order valence-corrected chi connectivity index (χ3v) is 4.06. The van der Waals surface area contributed by atoms with Crippen molar-refractivity contribution in [2.45, 2.75) is 78.2 Å². The summed E-state index contributed by atoms with van der Waals surface area (Å²) in [5.41, 5.74) is 2.74. The topological polar surface area (TPSA) is 12.0 Å². The van der Waals surface area contributed by atoms with Crippen molar-refractivity contribution in [3.8, 4) is 0 Å². The van der Waals surface area contributed by atoms with Crippen LogP contribution in [0, 0.1) is 6.92 Å². The lowest BCUT2D eigenvalue weighted by molar-refractivity contribution is 0.521. The zero-order valence-electron chi connectivity index (χ0n) is 13.8. The summed E-state index contributed by atoms with van der Waals surface area (Å²) >= 11 is 0. The van der Waals surface area contributed by atoms with Gasteiger partial charge in [-0.15, -0.1) is 0 Å². The van der Waals surface area contributed by atoms with E-state index in [1.807, 2.05) is 0 Å². The van der Waals surface area contributed by atoms with Gasteiger partial charge in [-0.05, 0) is 32.4 Å². The van der Waals surface area contributed by atoms with Crippen molar-refractivity contribution in [1.29, 1.82) is 0 Å². The number of hydrogen-bond acceptors (Lipinski definition) is 1. The van der Waals surface area contributed by atoms with Gasteiger partial charge in [-0.2, -0.15) is 0 Å². The number of hydrogen-bond donors (Lipinski definition) is 1. The molecule has 1 N–H and O–H groups in total. The molecule has 1 unspecified atom stereocenters. The Labute approximate surface area is 126 Å². The highest BCUT2D eigenvalue weighted by Gasteiger charge is 2.03. The summed E-state index contributed by atoms with van der Waals surface area (Å²) in [6.45, 7) is 7.82. The highest BCUT2D eigenvalue weighted by Crippen LogP contribution is 2.13. The van der Waals surface area contributed by atoms with E-state index in [1.165, 1.54) is 62.5 Å². The van der Waals surface area contributed by atoms with Gasteiger partial charge in [0.1, 0.15) is 0 Å². The van der Waals surface area contributed by atoms with E-state index >= 15 is 0 Å². The van der Waals surface area contributed by atoms with Crippen molar-refractivity contribution in [2.75, 3.05) is 6.54 Å². The summed E-state index contributed by atoms with van der Waals surface area (Å²) in [6, 6.07) is 9.34. The number of rotatable bonds is 11. The van der Waals surface area contributed by atoms with Crippen molar-refractivity contribution in [2.24, 2.45) is 0 Å². The van der Waals surface area contributed by atoms with E-state index in [4.69, 9.17) is 0 Å². The summed E-state index contributed by atoms with van der Waals surface area (Å²) in [5.74, 6) is 0. The van der Waals surface area contributed by atoms with Gasteiger partial charge in [0, 0.05) is 6.04 Å². The second-order valence-electron chi connectivity index (χ2n) is 6.06. The Balaban J connectivity index is 1.99. The molecule has 1 heteroatoms. The molecule has 1 atom stereocenters. The Morgan fingerprint density at radius 1 is 0.850 bits per heavy atom. The monoisotopic (exact) mass is 275 g/mol. The number of benzene rings is 1. The van der Waals surface area contributed by atoms with Crippen LogP contribution in [0.2, 0.25) is 0 Å².